The van der Waals surface area contributed by atoms with Gasteiger partial charge in [-0.1, -0.05) is 293 Å². The fourth-order valence-electron chi connectivity index (χ4n) is 20.6. The number of fused-ring (bicyclic) bond motifs is 25. The van der Waals surface area contributed by atoms with Gasteiger partial charge in [-0.3, -0.25) is 0 Å². The van der Waals surface area contributed by atoms with Gasteiger partial charge < -0.3 is 18.3 Å². The molecular weight excluding hydrogens is 1530 g/mol. The molecule has 26 aromatic rings. The summed E-state index contributed by atoms with van der Waals surface area (Å²) in [6, 6.07) is 145. The number of thiophene rings is 1. The van der Waals surface area contributed by atoms with Gasteiger partial charge in [-0.2, -0.15) is 0 Å². The van der Waals surface area contributed by atoms with Crippen LogP contribution in [0.5, 0.6) is 0 Å². The Morgan fingerprint density at radius 3 is 1.37 bits per heavy atom. The van der Waals surface area contributed by atoms with E-state index >= 15 is 0 Å². The third-order valence-electron chi connectivity index (χ3n) is 26.3. The fraction of sp³-hybridized carbons (Fsp3) is 0.0261. The number of rotatable bonds is 8. The number of aromatic nitrogens is 8. The van der Waals surface area contributed by atoms with Crippen molar-refractivity contribution in [2.45, 2.75) is 19.3 Å². The average Bonchev–Trinajstić information content (AvgIpc) is 1.66. The largest absolute Gasteiger partial charge is 0.309 e. The zero-order chi connectivity index (χ0) is 81.6. The molecule has 0 unspecified atom stereocenters. The highest BCUT2D eigenvalue weighted by Gasteiger charge is 2.39. The minimum Gasteiger partial charge on any atom is -0.309 e. The molecule has 0 amide bonds. The zero-order valence-electron chi connectivity index (χ0n) is 67.6. The van der Waals surface area contributed by atoms with Crippen LogP contribution in [0, 0.1) is 0 Å². The van der Waals surface area contributed by atoms with Crippen LogP contribution in [0.1, 0.15) is 25.1 Å². The standard InChI is InChI=1S/C58H34N4S.C57H38N4/c1-2-17-39(18-3-1)61-48-24-12-10-22-43(48)46-33-38(27-29-50(46)61)55-56(59-57-45-23-11-13-25-53(45)63-58(57)60-55)44-28-31-49(42-21-9-8-20-41(42)44)62-51-30-26-35-14-6-7-19-40(35)54(51)47-32-36-15-4-5-16-37(36)34-52(47)62;1-57(2)48-22-12-10-21-45(48)54-56(57)59-53(39-27-31-50-46(33-39)43-20-11-13-23-49(43)60(50)40-17-4-3-5-18-40)52(58-54)36-24-28-41(29-25-36)61-51-34-38-16-7-6-15-37(38)32-47(51)44-30-26-35-14-8-9-19-42(35)55(44)61/h1-34H;3-34H,1-2H3. The highest BCUT2D eigenvalue weighted by Crippen LogP contribution is 2.52. The monoisotopic (exact) mass is 1600 g/mol. The molecule has 0 N–H and O–H groups in total. The first kappa shape index (κ1) is 70.0. The molecule has 7 aromatic heterocycles. The summed E-state index contributed by atoms with van der Waals surface area (Å²) in [5, 5.41) is 23.1. The van der Waals surface area contributed by atoms with Crippen molar-refractivity contribution in [3.63, 3.8) is 0 Å². The third kappa shape index (κ3) is 10.5. The molecule has 8 nitrogen and oxygen atoms in total. The Hall–Kier alpha value is -15.9. The quantitative estimate of drug-likeness (QED) is 0.152. The predicted octanol–water partition coefficient (Wildman–Crippen LogP) is 30.4. The molecule has 19 aromatic carbocycles. The Labute approximate surface area is 716 Å². The fourth-order valence-corrected chi connectivity index (χ4v) is 21.6. The second kappa shape index (κ2) is 27.0. The number of hydrogen-bond donors (Lipinski definition) is 0. The van der Waals surface area contributed by atoms with Gasteiger partial charge in [-0.05, 0) is 170 Å². The summed E-state index contributed by atoms with van der Waals surface area (Å²) >= 11 is 1.71. The lowest BCUT2D eigenvalue weighted by atomic mass is 9.85. The third-order valence-corrected chi connectivity index (χ3v) is 27.4. The first-order valence-corrected chi connectivity index (χ1v) is 43.3. The van der Waals surface area contributed by atoms with Crippen LogP contribution >= 0.6 is 11.3 Å². The second-order valence-electron chi connectivity index (χ2n) is 33.5. The smallest absolute Gasteiger partial charge is 0.143 e. The van der Waals surface area contributed by atoms with Crippen LogP contribution in [-0.2, 0) is 5.41 Å². The average molecular weight is 1600 g/mol. The Kier molecular flexibility index (Phi) is 15.3. The molecule has 124 heavy (non-hydrogen) atoms. The maximum absolute atomic E-state index is 5.66. The van der Waals surface area contributed by atoms with E-state index in [9.17, 15) is 0 Å². The molecule has 27 rings (SSSR count). The maximum atomic E-state index is 5.66. The van der Waals surface area contributed by atoms with E-state index < -0.39 is 0 Å². The highest BCUT2D eigenvalue weighted by atomic mass is 32.1. The molecule has 0 radical (unpaired) electrons. The van der Waals surface area contributed by atoms with Gasteiger partial charge in [0.15, 0.2) is 0 Å². The van der Waals surface area contributed by atoms with Gasteiger partial charge in [0.25, 0.3) is 0 Å². The molecule has 7 heterocycles. The van der Waals surface area contributed by atoms with Crippen LogP contribution < -0.4 is 0 Å². The van der Waals surface area contributed by atoms with Crippen molar-refractivity contribution in [1.29, 1.82) is 0 Å². The van der Waals surface area contributed by atoms with E-state index in [0.29, 0.717) is 0 Å². The van der Waals surface area contributed by atoms with E-state index in [1.165, 1.54) is 130 Å². The van der Waals surface area contributed by atoms with Crippen molar-refractivity contribution in [3.05, 3.63) is 412 Å². The Balaban J connectivity index is 0.000000133. The van der Waals surface area contributed by atoms with Crippen molar-refractivity contribution in [3.8, 4) is 79.0 Å². The first-order chi connectivity index (χ1) is 61.3. The zero-order valence-corrected chi connectivity index (χ0v) is 68.4. The van der Waals surface area contributed by atoms with Crippen molar-refractivity contribution < 1.29 is 0 Å². The predicted molar refractivity (Wildman–Crippen MR) is 521 cm³/mol. The summed E-state index contributed by atoms with van der Waals surface area (Å²) in [5.74, 6) is 0. The summed E-state index contributed by atoms with van der Waals surface area (Å²) in [4.78, 5) is 23.4. The minimum atomic E-state index is -0.299. The Bertz CT molecular complexity index is 9030. The van der Waals surface area contributed by atoms with Crippen LogP contribution in [0.3, 0.4) is 0 Å². The number of nitrogens with zero attached hydrogens (tertiary/aromatic N) is 8. The summed E-state index contributed by atoms with van der Waals surface area (Å²) in [7, 11) is 0. The number of benzene rings is 19. The van der Waals surface area contributed by atoms with E-state index in [4.69, 9.17) is 19.9 Å². The van der Waals surface area contributed by atoms with Crippen molar-refractivity contribution in [1.82, 2.24) is 38.2 Å². The van der Waals surface area contributed by atoms with E-state index in [-0.39, 0.29) is 5.41 Å². The molecule has 0 spiro atoms. The molecule has 0 fully saturated rings. The molecule has 0 saturated carbocycles. The van der Waals surface area contributed by atoms with E-state index in [1.807, 2.05) is 0 Å². The summed E-state index contributed by atoms with van der Waals surface area (Å²) in [5.41, 5.74) is 26.7. The van der Waals surface area contributed by atoms with Crippen LogP contribution in [0.4, 0.5) is 0 Å². The highest BCUT2D eigenvalue weighted by molar-refractivity contribution is 7.25. The normalized spacial score (nSPS) is 12.7. The van der Waals surface area contributed by atoms with Crippen LogP contribution in [-0.4, -0.2) is 38.2 Å². The van der Waals surface area contributed by atoms with Crippen LogP contribution in [0.25, 0.3) is 241 Å². The Morgan fingerprint density at radius 2 is 0.710 bits per heavy atom. The van der Waals surface area contributed by atoms with Gasteiger partial charge in [0.2, 0.25) is 0 Å². The lowest BCUT2D eigenvalue weighted by Gasteiger charge is -2.21. The molecule has 9 heteroatoms. The van der Waals surface area contributed by atoms with Crippen LogP contribution in [0.2, 0.25) is 0 Å². The lowest BCUT2D eigenvalue weighted by Crippen LogP contribution is -2.17. The van der Waals surface area contributed by atoms with Gasteiger partial charge in [0.05, 0.1) is 84.0 Å². The topological polar surface area (TPSA) is 71.3 Å². The number of hydrogen-bond acceptors (Lipinski definition) is 5. The second-order valence-corrected chi connectivity index (χ2v) is 34.5. The SMILES string of the molecule is CC1(C)c2ccccc2-c2nc(-c3ccc(-n4c5cc6ccccc6cc5c5ccc6ccccc6c54)cc3)c(-c3ccc4c(c3)c3ccccc3n4-c3ccccc3)nc21.c1ccc(-n2c3ccccc3c3cc(-c4nc5sc6ccccc6c5nc4-c4ccc(-n5c6cc7ccccc7cc6c6c7ccccc7ccc65)c5ccccc45)ccc32)cc1. The van der Waals surface area contributed by atoms with Gasteiger partial charge in [-0.15, -0.1) is 11.3 Å². The Morgan fingerprint density at radius 1 is 0.242 bits per heavy atom. The van der Waals surface area contributed by atoms with Gasteiger partial charge in [-0.25, -0.2) is 19.9 Å². The van der Waals surface area contributed by atoms with E-state index in [0.717, 1.165) is 122 Å². The maximum Gasteiger partial charge on any atom is 0.143 e. The molecular formula is C115H72N8S. The van der Waals surface area contributed by atoms with Crippen molar-refractivity contribution in [2.75, 3.05) is 0 Å². The van der Waals surface area contributed by atoms with Crippen LogP contribution in [0.15, 0.2) is 400 Å². The molecule has 578 valence electrons. The number of para-hydroxylation sites is 4. The van der Waals surface area contributed by atoms with Gasteiger partial charge >= 0.3 is 0 Å². The van der Waals surface area contributed by atoms with Gasteiger partial charge in [0.1, 0.15) is 10.3 Å². The summed E-state index contributed by atoms with van der Waals surface area (Å²) < 4.78 is 10.8. The lowest BCUT2D eigenvalue weighted by molar-refractivity contribution is 0.636. The molecule has 0 atom stereocenters. The summed E-state index contributed by atoms with van der Waals surface area (Å²) in [6.07, 6.45) is 0. The molecule has 1 aliphatic rings. The van der Waals surface area contributed by atoms with Crippen molar-refractivity contribution in [2.24, 2.45) is 0 Å². The summed E-state index contributed by atoms with van der Waals surface area (Å²) in [6.45, 7) is 4.56. The molecule has 1 aliphatic carbocycles. The molecule has 0 bridgehead atoms. The minimum absolute atomic E-state index is 0.299. The van der Waals surface area contributed by atoms with E-state index in [2.05, 4.69) is 432 Å². The van der Waals surface area contributed by atoms with Gasteiger partial charge in [0, 0.05) is 114 Å². The molecule has 0 saturated heterocycles. The van der Waals surface area contributed by atoms with Crippen molar-refractivity contribution >= 4 is 173 Å². The first-order valence-electron chi connectivity index (χ1n) is 42.5. The van der Waals surface area contributed by atoms with E-state index in [1.54, 1.807) is 11.3 Å². The molecule has 0 aliphatic heterocycles.